The Morgan fingerprint density at radius 3 is 2.71 bits per heavy atom. The Kier molecular flexibility index (Phi) is 7.18. The van der Waals surface area contributed by atoms with Crippen molar-refractivity contribution >= 4 is 28.9 Å². The van der Waals surface area contributed by atoms with Crippen molar-refractivity contribution < 1.29 is 14.1 Å². The van der Waals surface area contributed by atoms with Gasteiger partial charge in [-0.3, -0.25) is 10.2 Å². The molecule has 38 heavy (non-hydrogen) atoms. The van der Waals surface area contributed by atoms with E-state index in [0.717, 1.165) is 41.3 Å². The monoisotopic (exact) mass is 532 g/mol. The molecule has 4 aromatic rings. The van der Waals surface area contributed by atoms with Crippen molar-refractivity contribution in [3.8, 4) is 32.7 Å². The summed E-state index contributed by atoms with van der Waals surface area (Å²) in [6, 6.07) is 13.9. The van der Waals surface area contributed by atoms with E-state index in [1.165, 1.54) is 29.7 Å². The molecule has 0 unspecified atom stereocenters. The highest BCUT2D eigenvalue weighted by molar-refractivity contribution is 7.18. The number of carbonyl (C=O) groups excluding carboxylic acids is 1. The number of rotatable bonds is 6. The maximum Gasteiger partial charge on any atom is 0.412 e. The first-order valence-corrected chi connectivity index (χ1v) is 13.5. The van der Waals surface area contributed by atoms with Crippen LogP contribution in [0.1, 0.15) is 44.7 Å². The summed E-state index contributed by atoms with van der Waals surface area (Å²) in [4.78, 5) is 24.5. The number of aryl methyl sites for hydroxylation is 1. The molecule has 0 bridgehead atoms. The summed E-state index contributed by atoms with van der Waals surface area (Å²) in [5, 5.41) is 7.75. The Balaban J connectivity index is 1.36. The summed E-state index contributed by atoms with van der Waals surface area (Å²) < 4.78 is 10.9. The van der Waals surface area contributed by atoms with Gasteiger partial charge in [0.25, 0.3) is 5.89 Å². The molecule has 0 aliphatic carbocycles. The second-order valence-corrected chi connectivity index (χ2v) is 11.5. The van der Waals surface area contributed by atoms with Crippen LogP contribution in [0.15, 0.2) is 47.0 Å². The lowest BCUT2D eigenvalue weighted by molar-refractivity contribution is 0.0636. The molecule has 2 aromatic heterocycles. The van der Waals surface area contributed by atoms with Crippen molar-refractivity contribution in [1.29, 1.82) is 0 Å². The molecule has 5 rings (SSSR count). The van der Waals surface area contributed by atoms with E-state index in [1.807, 2.05) is 39.8 Å². The van der Waals surface area contributed by atoms with Gasteiger partial charge in [-0.15, -0.1) is 11.3 Å². The zero-order chi connectivity index (χ0) is 26.9. The van der Waals surface area contributed by atoms with Gasteiger partial charge in [0.15, 0.2) is 0 Å². The number of aromatic nitrogens is 3. The topological polar surface area (TPSA) is 119 Å². The van der Waals surface area contributed by atoms with Crippen molar-refractivity contribution in [3.63, 3.8) is 0 Å². The number of hydrogen-bond donors (Lipinski definition) is 2. The van der Waals surface area contributed by atoms with E-state index in [-0.39, 0.29) is 0 Å². The number of nitrogens with zero attached hydrogens (tertiary/aromatic N) is 4. The minimum absolute atomic E-state index is 0.305. The van der Waals surface area contributed by atoms with Gasteiger partial charge in [0.2, 0.25) is 5.82 Å². The van der Waals surface area contributed by atoms with Crippen molar-refractivity contribution in [3.05, 3.63) is 53.6 Å². The van der Waals surface area contributed by atoms with Gasteiger partial charge in [-0.2, -0.15) is 4.98 Å². The fraction of sp³-hybridized carbons (Fsp3) is 0.357. The van der Waals surface area contributed by atoms with E-state index in [2.05, 4.69) is 43.5 Å². The number of likely N-dealkylation sites (tertiary alicyclic amines) is 1. The first kappa shape index (κ1) is 25.9. The lowest BCUT2D eigenvalue weighted by Gasteiger charge is -2.19. The van der Waals surface area contributed by atoms with Crippen molar-refractivity contribution in [2.75, 3.05) is 24.1 Å². The van der Waals surface area contributed by atoms with Crippen LogP contribution in [0.4, 0.5) is 16.3 Å². The number of nitrogen functional groups attached to an aromatic ring is 1. The SMILES string of the molecule is Cc1ccc(NC(=O)OC(C)(C)C)cc1-c1noc(-c2sc(-c3cccc(CN4CCCC4)c3)nc2N)n1. The molecular formula is C28H32N6O3S. The van der Waals surface area contributed by atoms with E-state index in [0.29, 0.717) is 28.1 Å². The fourth-order valence-corrected chi connectivity index (χ4v) is 5.30. The van der Waals surface area contributed by atoms with Crippen LogP contribution in [-0.4, -0.2) is 44.8 Å². The molecular weight excluding hydrogens is 500 g/mol. The number of ether oxygens (including phenoxy) is 1. The second-order valence-electron chi connectivity index (χ2n) is 10.5. The minimum atomic E-state index is -0.594. The molecule has 2 aromatic carbocycles. The zero-order valence-corrected chi connectivity index (χ0v) is 22.9. The Morgan fingerprint density at radius 1 is 1.16 bits per heavy atom. The number of amides is 1. The van der Waals surface area contributed by atoms with Crippen LogP contribution in [0.25, 0.3) is 32.7 Å². The standard InChI is InChI=1S/C28H32N6O3S/c1-17-10-11-20(30-27(35)36-28(2,3)4)15-21(17)24-32-25(37-33-24)22-23(29)31-26(38-22)19-9-7-8-18(14-19)16-34-12-5-6-13-34/h7-11,14-15H,5-6,12-13,16,29H2,1-4H3,(H,30,35). The highest BCUT2D eigenvalue weighted by Gasteiger charge is 2.21. The Bertz CT molecular complexity index is 1450. The molecule has 0 radical (unpaired) electrons. The molecule has 1 amide bonds. The third kappa shape index (κ3) is 6.03. The number of anilines is 2. The Morgan fingerprint density at radius 2 is 1.95 bits per heavy atom. The number of thiazole rings is 1. The second kappa shape index (κ2) is 10.5. The summed E-state index contributed by atoms with van der Waals surface area (Å²) in [5.41, 5.74) is 10.2. The van der Waals surface area contributed by atoms with Gasteiger partial charge in [-0.05, 0) is 83.0 Å². The minimum Gasteiger partial charge on any atom is -0.444 e. The number of carbonyl (C=O) groups is 1. The van der Waals surface area contributed by atoms with Crippen LogP contribution < -0.4 is 11.1 Å². The zero-order valence-electron chi connectivity index (χ0n) is 22.1. The van der Waals surface area contributed by atoms with Gasteiger partial charge in [-0.25, -0.2) is 9.78 Å². The quantitative estimate of drug-likeness (QED) is 0.294. The lowest BCUT2D eigenvalue weighted by atomic mass is 10.1. The largest absolute Gasteiger partial charge is 0.444 e. The Labute approximate surface area is 226 Å². The van der Waals surface area contributed by atoms with Crippen LogP contribution in [0.3, 0.4) is 0 Å². The molecule has 0 spiro atoms. The van der Waals surface area contributed by atoms with E-state index in [9.17, 15) is 4.79 Å². The average Bonchev–Trinajstić information content (AvgIpc) is 3.61. The summed E-state index contributed by atoms with van der Waals surface area (Å²) in [6.07, 6.45) is 2.00. The van der Waals surface area contributed by atoms with Crippen LogP contribution in [0, 0.1) is 6.92 Å². The molecule has 9 nitrogen and oxygen atoms in total. The van der Waals surface area contributed by atoms with Crippen LogP contribution >= 0.6 is 11.3 Å². The number of nitrogens with two attached hydrogens (primary N) is 1. The molecule has 10 heteroatoms. The molecule has 1 fully saturated rings. The summed E-state index contributed by atoms with van der Waals surface area (Å²) in [7, 11) is 0. The highest BCUT2D eigenvalue weighted by Crippen LogP contribution is 2.37. The molecule has 0 saturated carbocycles. The first-order valence-electron chi connectivity index (χ1n) is 12.7. The predicted octanol–water partition coefficient (Wildman–Crippen LogP) is 6.36. The first-order chi connectivity index (χ1) is 18.1. The normalized spacial score (nSPS) is 14.1. The van der Waals surface area contributed by atoms with Crippen LogP contribution in [0.2, 0.25) is 0 Å². The van der Waals surface area contributed by atoms with Gasteiger partial charge in [0.1, 0.15) is 21.3 Å². The van der Waals surface area contributed by atoms with E-state index >= 15 is 0 Å². The van der Waals surface area contributed by atoms with E-state index < -0.39 is 11.7 Å². The third-order valence-corrected chi connectivity index (χ3v) is 7.28. The van der Waals surface area contributed by atoms with E-state index in [4.69, 9.17) is 15.0 Å². The number of hydrogen-bond acceptors (Lipinski definition) is 9. The Hall–Kier alpha value is -3.76. The van der Waals surface area contributed by atoms with Gasteiger partial charge in [0.05, 0.1) is 0 Å². The molecule has 3 heterocycles. The van der Waals surface area contributed by atoms with Gasteiger partial charge in [-0.1, -0.05) is 29.4 Å². The van der Waals surface area contributed by atoms with Gasteiger partial charge < -0.3 is 15.0 Å². The van der Waals surface area contributed by atoms with Gasteiger partial charge >= 0.3 is 6.09 Å². The summed E-state index contributed by atoms with van der Waals surface area (Å²) in [6.45, 7) is 10.6. The predicted molar refractivity (Wildman–Crippen MR) is 150 cm³/mol. The molecule has 3 N–H and O–H groups in total. The molecule has 1 aliphatic heterocycles. The lowest BCUT2D eigenvalue weighted by Crippen LogP contribution is -2.27. The molecule has 198 valence electrons. The highest BCUT2D eigenvalue weighted by atomic mass is 32.1. The smallest absolute Gasteiger partial charge is 0.412 e. The molecule has 0 atom stereocenters. The van der Waals surface area contributed by atoms with E-state index in [1.54, 1.807) is 12.1 Å². The molecule has 1 aliphatic rings. The maximum atomic E-state index is 12.2. The number of nitrogens with one attached hydrogen (secondary N) is 1. The fourth-order valence-electron chi connectivity index (χ4n) is 4.40. The summed E-state index contributed by atoms with van der Waals surface area (Å²) in [5.74, 6) is 1.05. The van der Waals surface area contributed by atoms with Crippen molar-refractivity contribution in [2.45, 2.75) is 52.7 Å². The number of benzene rings is 2. The molecule has 1 saturated heterocycles. The summed E-state index contributed by atoms with van der Waals surface area (Å²) >= 11 is 1.43. The van der Waals surface area contributed by atoms with Crippen molar-refractivity contribution in [1.82, 2.24) is 20.0 Å². The van der Waals surface area contributed by atoms with Crippen LogP contribution in [0.5, 0.6) is 0 Å². The average molecular weight is 533 g/mol. The van der Waals surface area contributed by atoms with Gasteiger partial charge in [0, 0.05) is 23.4 Å². The third-order valence-electron chi connectivity index (χ3n) is 6.18. The van der Waals surface area contributed by atoms with Crippen molar-refractivity contribution in [2.24, 2.45) is 0 Å². The van der Waals surface area contributed by atoms with Crippen LogP contribution in [-0.2, 0) is 11.3 Å². The maximum absolute atomic E-state index is 12.2.